The van der Waals surface area contributed by atoms with E-state index in [9.17, 15) is 0 Å². The van der Waals surface area contributed by atoms with Crippen molar-refractivity contribution in [2.24, 2.45) is 0 Å². The van der Waals surface area contributed by atoms with Gasteiger partial charge in [-0.2, -0.15) is 0 Å². The van der Waals surface area contributed by atoms with Crippen LogP contribution >= 0.6 is 11.3 Å². The van der Waals surface area contributed by atoms with Crippen LogP contribution in [0.5, 0.6) is 0 Å². The zero-order valence-electron chi connectivity index (χ0n) is 8.34. The van der Waals surface area contributed by atoms with Gasteiger partial charge in [0.25, 0.3) is 0 Å². The lowest BCUT2D eigenvalue weighted by atomic mass is 10.3. The van der Waals surface area contributed by atoms with E-state index < -0.39 is 0 Å². The lowest BCUT2D eigenvalue weighted by molar-refractivity contribution is 0.862. The molecule has 0 aromatic carbocycles. The maximum absolute atomic E-state index is 5.78. The van der Waals surface area contributed by atoms with Gasteiger partial charge < -0.3 is 11.1 Å². The molecule has 4 nitrogen and oxygen atoms in total. The standard InChI is InChI=1S/C10H12N4S/c1-7(10-13-5-6-15-10)14-9-8(11)3-2-4-12-9/h2-7H,11H2,1H3,(H,12,14). The number of nitrogens with one attached hydrogen (secondary N) is 1. The number of thiazole rings is 1. The molecule has 5 heteroatoms. The maximum atomic E-state index is 5.78. The molecule has 2 aromatic rings. The summed E-state index contributed by atoms with van der Waals surface area (Å²) in [5.74, 6) is 0.709. The largest absolute Gasteiger partial charge is 0.396 e. The number of anilines is 2. The normalized spacial score (nSPS) is 12.3. The maximum Gasteiger partial charge on any atom is 0.149 e. The van der Waals surface area contributed by atoms with Gasteiger partial charge in [0.05, 0.1) is 11.7 Å². The van der Waals surface area contributed by atoms with Gasteiger partial charge >= 0.3 is 0 Å². The molecule has 1 unspecified atom stereocenters. The average molecular weight is 220 g/mol. The van der Waals surface area contributed by atoms with Gasteiger partial charge in [0.2, 0.25) is 0 Å². The lowest BCUT2D eigenvalue weighted by Gasteiger charge is -2.12. The number of hydrogen-bond acceptors (Lipinski definition) is 5. The van der Waals surface area contributed by atoms with Crippen LogP contribution in [0, 0.1) is 0 Å². The van der Waals surface area contributed by atoms with Gasteiger partial charge in [-0.15, -0.1) is 11.3 Å². The summed E-state index contributed by atoms with van der Waals surface area (Å²) < 4.78 is 0. The summed E-state index contributed by atoms with van der Waals surface area (Å²) >= 11 is 1.61. The topological polar surface area (TPSA) is 63.8 Å². The van der Waals surface area contributed by atoms with Gasteiger partial charge in [0.1, 0.15) is 10.8 Å². The van der Waals surface area contributed by atoms with Crippen LogP contribution in [-0.2, 0) is 0 Å². The fourth-order valence-electron chi connectivity index (χ4n) is 1.25. The summed E-state index contributed by atoms with van der Waals surface area (Å²) in [5.41, 5.74) is 6.43. The Labute approximate surface area is 92.2 Å². The Morgan fingerprint density at radius 1 is 1.40 bits per heavy atom. The molecule has 3 N–H and O–H groups in total. The SMILES string of the molecule is CC(Nc1ncccc1N)c1nccs1. The predicted molar refractivity (Wildman–Crippen MR) is 62.8 cm³/mol. The Hall–Kier alpha value is -1.62. The zero-order chi connectivity index (χ0) is 10.7. The molecule has 2 heterocycles. The van der Waals surface area contributed by atoms with E-state index in [1.165, 1.54) is 0 Å². The summed E-state index contributed by atoms with van der Waals surface area (Å²) in [6.45, 7) is 2.03. The molecule has 0 aliphatic rings. The minimum Gasteiger partial charge on any atom is -0.396 e. The van der Waals surface area contributed by atoms with Gasteiger partial charge in [-0.1, -0.05) is 0 Å². The summed E-state index contributed by atoms with van der Waals surface area (Å²) in [5, 5.41) is 6.21. The summed E-state index contributed by atoms with van der Waals surface area (Å²) in [7, 11) is 0. The van der Waals surface area contributed by atoms with Gasteiger partial charge in [-0.25, -0.2) is 9.97 Å². The molecule has 0 aliphatic carbocycles. The third-order valence-electron chi connectivity index (χ3n) is 2.01. The number of rotatable bonds is 3. The lowest BCUT2D eigenvalue weighted by Crippen LogP contribution is -2.09. The highest BCUT2D eigenvalue weighted by molar-refractivity contribution is 7.09. The van der Waals surface area contributed by atoms with Gasteiger partial charge in [-0.05, 0) is 19.1 Å². The van der Waals surface area contributed by atoms with Crippen molar-refractivity contribution in [1.82, 2.24) is 9.97 Å². The highest BCUT2D eigenvalue weighted by Crippen LogP contribution is 2.22. The Bertz CT molecular complexity index is 427. The van der Waals surface area contributed by atoms with Crippen LogP contribution in [0.2, 0.25) is 0 Å². The third kappa shape index (κ3) is 2.24. The van der Waals surface area contributed by atoms with Crippen LogP contribution in [0.3, 0.4) is 0 Å². The minimum absolute atomic E-state index is 0.127. The van der Waals surface area contributed by atoms with E-state index in [1.807, 2.05) is 24.4 Å². The van der Waals surface area contributed by atoms with Crippen molar-refractivity contribution >= 4 is 22.8 Å². The van der Waals surface area contributed by atoms with Gasteiger partial charge in [-0.3, -0.25) is 0 Å². The van der Waals surface area contributed by atoms with E-state index in [0.717, 1.165) is 5.01 Å². The van der Waals surface area contributed by atoms with E-state index in [0.29, 0.717) is 11.5 Å². The van der Waals surface area contributed by atoms with Crippen molar-refractivity contribution in [2.45, 2.75) is 13.0 Å². The first kappa shape index (κ1) is 9.92. The first-order valence-electron chi connectivity index (χ1n) is 4.64. The monoisotopic (exact) mass is 220 g/mol. The molecule has 0 aliphatic heterocycles. The molecular formula is C10H12N4S. The Morgan fingerprint density at radius 2 is 2.27 bits per heavy atom. The molecule has 2 rings (SSSR count). The molecule has 0 spiro atoms. The molecule has 0 saturated carbocycles. The van der Waals surface area contributed by atoms with E-state index in [1.54, 1.807) is 23.7 Å². The van der Waals surface area contributed by atoms with Crippen molar-refractivity contribution in [3.05, 3.63) is 34.9 Å². The fraction of sp³-hybridized carbons (Fsp3) is 0.200. The molecule has 0 saturated heterocycles. The van der Waals surface area contributed by atoms with Crippen LogP contribution in [0.1, 0.15) is 18.0 Å². The van der Waals surface area contributed by atoms with Gasteiger partial charge in [0.15, 0.2) is 0 Å². The predicted octanol–water partition coefficient (Wildman–Crippen LogP) is 2.29. The zero-order valence-corrected chi connectivity index (χ0v) is 9.16. The highest BCUT2D eigenvalue weighted by atomic mass is 32.1. The second kappa shape index (κ2) is 4.27. The van der Waals surface area contributed by atoms with Gasteiger partial charge in [0, 0.05) is 17.8 Å². The van der Waals surface area contributed by atoms with Crippen LogP contribution in [-0.4, -0.2) is 9.97 Å². The van der Waals surface area contributed by atoms with Crippen molar-refractivity contribution in [1.29, 1.82) is 0 Å². The average Bonchev–Trinajstić information content (AvgIpc) is 2.74. The molecule has 0 bridgehead atoms. The molecule has 78 valence electrons. The first-order chi connectivity index (χ1) is 7.27. The summed E-state index contributed by atoms with van der Waals surface area (Å²) in [4.78, 5) is 8.40. The molecule has 15 heavy (non-hydrogen) atoms. The molecule has 2 aromatic heterocycles. The van der Waals surface area contributed by atoms with Crippen molar-refractivity contribution in [3.8, 4) is 0 Å². The van der Waals surface area contributed by atoms with Crippen molar-refractivity contribution in [3.63, 3.8) is 0 Å². The molecule has 0 fully saturated rings. The molecule has 0 amide bonds. The van der Waals surface area contributed by atoms with E-state index in [4.69, 9.17) is 5.73 Å². The fourth-order valence-corrected chi connectivity index (χ4v) is 1.90. The number of aromatic nitrogens is 2. The molecule has 0 radical (unpaired) electrons. The van der Waals surface area contributed by atoms with E-state index >= 15 is 0 Å². The second-order valence-electron chi connectivity index (χ2n) is 3.18. The van der Waals surface area contributed by atoms with E-state index in [-0.39, 0.29) is 6.04 Å². The number of nitrogens with two attached hydrogens (primary N) is 1. The quantitative estimate of drug-likeness (QED) is 0.833. The van der Waals surface area contributed by atoms with Crippen molar-refractivity contribution < 1.29 is 0 Å². The Balaban J connectivity index is 2.13. The molecular weight excluding hydrogens is 208 g/mol. The number of nitrogen functional groups attached to an aromatic ring is 1. The summed E-state index contributed by atoms with van der Waals surface area (Å²) in [6.07, 6.45) is 3.51. The second-order valence-corrected chi connectivity index (χ2v) is 4.10. The minimum atomic E-state index is 0.127. The first-order valence-corrected chi connectivity index (χ1v) is 5.52. The molecule has 1 atom stereocenters. The number of nitrogens with zero attached hydrogens (tertiary/aromatic N) is 2. The summed E-state index contributed by atoms with van der Waals surface area (Å²) in [6, 6.07) is 3.76. The van der Waals surface area contributed by atoms with Crippen LogP contribution < -0.4 is 11.1 Å². The van der Waals surface area contributed by atoms with E-state index in [2.05, 4.69) is 15.3 Å². The Kier molecular flexibility index (Phi) is 2.82. The third-order valence-corrected chi connectivity index (χ3v) is 2.97. The van der Waals surface area contributed by atoms with Crippen LogP contribution in [0.25, 0.3) is 0 Å². The highest BCUT2D eigenvalue weighted by Gasteiger charge is 2.09. The number of pyridine rings is 1. The number of hydrogen-bond donors (Lipinski definition) is 2. The Morgan fingerprint density at radius 3 is 2.93 bits per heavy atom. The van der Waals surface area contributed by atoms with Crippen molar-refractivity contribution in [2.75, 3.05) is 11.1 Å². The van der Waals surface area contributed by atoms with Crippen LogP contribution in [0.15, 0.2) is 29.9 Å². The van der Waals surface area contributed by atoms with Crippen LogP contribution in [0.4, 0.5) is 11.5 Å². The smallest absolute Gasteiger partial charge is 0.149 e.